The van der Waals surface area contributed by atoms with Gasteiger partial charge in [0.1, 0.15) is 0 Å². The molecule has 2 saturated carbocycles. The highest BCUT2D eigenvalue weighted by molar-refractivity contribution is 4.99. The summed E-state index contributed by atoms with van der Waals surface area (Å²) in [6, 6.07) is 0. The van der Waals surface area contributed by atoms with E-state index in [0.29, 0.717) is 24.2 Å². The Morgan fingerprint density at radius 1 is 1.06 bits per heavy atom. The quantitative estimate of drug-likeness (QED) is 0.747. The number of aliphatic hydroxyl groups is 1. The lowest BCUT2D eigenvalue weighted by atomic mass is 9.73. The third kappa shape index (κ3) is 2.07. The van der Waals surface area contributed by atoms with Crippen molar-refractivity contribution in [1.29, 1.82) is 0 Å². The molecule has 0 saturated heterocycles. The van der Waals surface area contributed by atoms with Gasteiger partial charge in [-0.05, 0) is 42.4 Å². The maximum absolute atomic E-state index is 13.2. The largest absolute Gasteiger partial charge is 0.448 e. The number of rotatable bonds is 2. The smallest absolute Gasteiger partial charge is 0.355 e. The topological polar surface area (TPSA) is 20.2 Å². The summed E-state index contributed by atoms with van der Waals surface area (Å²) in [5.41, 5.74) is 0. The molecular weight excluding hydrogens is 236 g/mol. The molecule has 100 valence electrons. The first kappa shape index (κ1) is 13.1. The fourth-order valence-electron chi connectivity index (χ4n) is 3.79. The van der Waals surface area contributed by atoms with Crippen LogP contribution in [0, 0.1) is 29.6 Å². The molecule has 0 amide bonds. The minimum absolute atomic E-state index is 0.139. The van der Waals surface area contributed by atoms with Crippen molar-refractivity contribution in [3.05, 3.63) is 0 Å². The van der Waals surface area contributed by atoms with Crippen LogP contribution in [0.5, 0.6) is 0 Å². The van der Waals surface area contributed by atoms with Crippen LogP contribution in [0.4, 0.5) is 17.6 Å². The van der Waals surface area contributed by atoms with Crippen molar-refractivity contribution < 1.29 is 22.7 Å². The van der Waals surface area contributed by atoms with Gasteiger partial charge in [0, 0.05) is 6.42 Å². The first-order chi connectivity index (χ1) is 7.63. The van der Waals surface area contributed by atoms with E-state index < -0.39 is 18.5 Å². The fourth-order valence-corrected chi connectivity index (χ4v) is 3.79. The van der Waals surface area contributed by atoms with E-state index in [2.05, 4.69) is 6.92 Å². The second-order valence-corrected chi connectivity index (χ2v) is 5.83. The van der Waals surface area contributed by atoms with Gasteiger partial charge < -0.3 is 5.11 Å². The second kappa shape index (κ2) is 3.84. The highest BCUT2D eigenvalue weighted by Gasteiger charge is 2.59. The van der Waals surface area contributed by atoms with Crippen LogP contribution in [-0.4, -0.2) is 17.1 Å². The number of hydrogen-bond donors (Lipinski definition) is 1. The molecule has 5 heteroatoms. The molecule has 1 nitrogen and oxygen atoms in total. The third-order valence-electron chi connectivity index (χ3n) is 5.00. The highest BCUT2D eigenvalue weighted by atomic mass is 19.4. The van der Waals surface area contributed by atoms with Crippen LogP contribution >= 0.6 is 0 Å². The average molecular weight is 254 g/mol. The Bertz CT molecular complexity index is 297. The van der Waals surface area contributed by atoms with Crippen molar-refractivity contribution in [2.75, 3.05) is 0 Å². The number of hydrogen-bond acceptors (Lipinski definition) is 1. The first-order valence-corrected chi connectivity index (χ1v) is 6.11. The minimum atomic E-state index is -5.18. The summed E-state index contributed by atoms with van der Waals surface area (Å²) in [7, 11) is 0. The summed E-state index contributed by atoms with van der Waals surface area (Å²) in [4.78, 5) is 0. The molecular formula is C12H18F4O. The molecule has 0 aromatic carbocycles. The van der Waals surface area contributed by atoms with E-state index in [0.717, 1.165) is 6.42 Å². The Balaban J connectivity index is 2.04. The van der Waals surface area contributed by atoms with Gasteiger partial charge in [0.05, 0.1) is 0 Å². The lowest BCUT2D eigenvalue weighted by Gasteiger charge is -2.34. The van der Waals surface area contributed by atoms with Gasteiger partial charge in [-0.2, -0.15) is 13.2 Å². The SMILES string of the molecule is CC1C2CC(CC(O)(F)C(F)(F)F)C(C2)C1C. The molecule has 2 bridgehead atoms. The highest BCUT2D eigenvalue weighted by Crippen LogP contribution is 2.57. The second-order valence-electron chi connectivity index (χ2n) is 5.83. The predicted molar refractivity (Wildman–Crippen MR) is 54.8 cm³/mol. The summed E-state index contributed by atoms with van der Waals surface area (Å²) in [6.07, 6.45) is -4.46. The monoisotopic (exact) mass is 254 g/mol. The summed E-state index contributed by atoms with van der Waals surface area (Å²) >= 11 is 0. The van der Waals surface area contributed by atoms with Crippen LogP contribution in [0.15, 0.2) is 0 Å². The van der Waals surface area contributed by atoms with Crippen LogP contribution < -0.4 is 0 Å². The van der Waals surface area contributed by atoms with E-state index >= 15 is 0 Å². The molecule has 0 spiro atoms. The van der Waals surface area contributed by atoms with E-state index in [1.54, 1.807) is 0 Å². The van der Waals surface area contributed by atoms with Crippen LogP contribution in [-0.2, 0) is 0 Å². The molecule has 2 aliphatic carbocycles. The molecule has 2 aliphatic rings. The normalized spacial score (nSPS) is 45.0. The van der Waals surface area contributed by atoms with Gasteiger partial charge in [-0.25, -0.2) is 4.39 Å². The molecule has 0 heterocycles. The zero-order valence-corrected chi connectivity index (χ0v) is 9.97. The summed E-state index contributed by atoms with van der Waals surface area (Å²) < 4.78 is 50.1. The number of halogens is 4. The molecule has 0 aliphatic heterocycles. The predicted octanol–water partition coefficient (Wildman–Crippen LogP) is 3.53. The Morgan fingerprint density at radius 3 is 2.06 bits per heavy atom. The first-order valence-electron chi connectivity index (χ1n) is 6.11. The molecule has 0 aromatic heterocycles. The van der Waals surface area contributed by atoms with Crippen molar-refractivity contribution in [3.8, 4) is 0 Å². The summed E-state index contributed by atoms with van der Waals surface area (Å²) in [5.74, 6) is -2.96. The van der Waals surface area contributed by atoms with Crippen LogP contribution in [0.2, 0.25) is 0 Å². The van der Waals surface area contributed by atoms with Gasteiger partial charge in [-0.1, -0.05) is 13.8 Å². The van der Waals surface area contributed by atoms with E-state index in [1.165, 1.54) is 0 Å². The van der Waals surface area contributed by atoms with Crippen LogP contribution in [0.3, 0.4) is 0 Å². The minimum Gasteiger partial charge on any atom is -0.355 e. The molecule has 2 fully saturated rings. The van der Waals surface area contributed by atoms with E-state index in [9.17, 15) is 17.6 Å². The Labute approximate surface area is 98.2 Å². The molecule has 2 rings (SSSR count). The van der Waals surface area contributed by atoms with Crippen molar-refractivity contribution >= 4 is 0 Å². The molecule has 6 atom stereocenters. The van der Waals surface area contributed by atoms with Crippen LogP contribution in [0.1, 0.15) is 33.1 Å². The summed E-state index contributed by atoms with van der Waals surface area (Å²) in [5, 5.41) is 8.90. The van der Waals surface area contributed by atoms with Gasteiger partial charge in [-0.3, -0.25) is 0 Å². The Morgan fingerprint density at radius 2 is 1.65 bits per heavy atom. The van der Waals surface area contributed by atoms with Gasteiger partial charge in [0.2, 0.25) is 0 Å². The standard InChI is InChI=1S/C12H18F4O/c1-6-7(2)10-4-8(6)3-9(10)5-11(13,17)12(14,15)16/h6-10,17H,3-5H2,1-2H3. The zero-order valence-electron chi connectivity index (χ0n) is 9.97. The van der Waals surface area contributed by atoms with Crippen molar-refractivity contribution in [1.82, 2.24) is 0 Å². The van der Waals surface area contributed by atoms with Crippen molar-refractivity contribution in [2.45, 2.75) is 45.1 Å². The van der Waals surface area contributed by atoms with Gasteiger partial charge in [0.15, 0.2) is 0 Å². The number of alkyl halides is 4. The van der Waals surface area contributed by atoms with Gasteiger partial charge >= 0.3 is 12.0 Å². The number of fused-ring (bicyclic) bond motifs is 2. The van der Waals surface area contributed by atoms with Gasteiger partial charge in [-0.15, -0.1) is 0 Å². The van der Waals surface area contributed by atoms with Crippen molar-refractivity contribution in [3.63, 3.8) is 0 Å². The zero-order chi connectivity index (χ0) is 13.0. The van der Waals surface area contributed by atoms with Gasteiger partial charge in [0.25, 0.3) is 0 Å². The maximum Gasteiger partial charge on any atom is 0.448 e. The summed E-state index contributed by atoms with van der Waals surface area (Å²) in [6.45, 7) is 4.13. The van der Waals surface area contributed by atoms with E-state index in [-0.39, 0.29) is 11.8 Å². The van der Waals surface area contributed by atoms with E-state index in [1.807, 2.05) is 6.92 Å². The molecule has 0 aromatic rings. The molecule has 1 N–H and O–H groups in total. The van der Waals surface area contributed by atoms with Crippen molar-refractivity contribution in [2.24, 2.45) is 29.6 Å². The Kier molecular flexibility index (Phi) is 2.96. The third-order valence-corrected chi connectivity index (χ3v) is 5.00. The lowest BCUT2D eigenvalue weighted by molar-refractivity contribution is -0.322. The molecule has 6 unspecified atom stereocenters. The molecule has 0 radical (unpaired) electrons. The molecule has 17 heavy (non-hydrogen) atoms. The van der Waals surface area contributed by atoms with E-state index in [4.69, 9.17) is 5.11 Å². The lowest BCUT2D eigenvalue weighted by Crippen LogP contribution is -2.43. The van der Waals surface area contributed by atoms with Crippen LogP contribution in [0.25, 0.3) is 0 Å². The Hall–Kier alpha value is -0.320. The fraction of sp³-hybridized carbons (Fsp3) is 1.00. The average Bonchev–Trinajstić information content (AvgIpc) is 2.66. The maximum atomic E-state index is 13.2.